The van der Waals surface area contributed by atoms with Gasteiger partial charge in [0.2, 0.25) is 0 Å². The molecule has 0 saturated heterocycles. The van der Waals surface area contributed by atoms with Gasteiger partial charge in [-0.3, -0.25) is 0 Å². The van der Waals surface area contributed by atoms with Crippen LogP contribution in [-0.2, 0) is 11.3 Å². The summed E-state index contributed by atoms with van der Waals surface area (Å²) in [6.07, 6.45) is 9.07. The van der Waals surface area contributed by atoms with Crippen molar-refractivity contribution in [3.63, 3.8) is 0 Å². The molecule has 4 nitrogen and oxygen atoms in total. The Kier molecular flexibility index (Phi) is 10.7. The molecule has 0 aromatic heterocycles. The lowest BCUT2D eigenvalue weighted by molar-refractivity contribution is 0.213. The second-order valence-electron chi connectivity index (χ2n) is 7.74. The number of oxime groups is 1. The fourth-order valence-corrected chi connectivity index (χ4v) is 3.56. The summed E-state index contributed by atoms with van der Waals surface area (Å²) in [6, 6.07) is 12.7. The van der Waals surface area contributed by atoms with E-state index in [-0.39, 0.29) is 0 Å². The van der Waals surface area contributed by atoms with E-state index in [9.17, 15) is 0 Å². The summed E-state index contributed by atoms with van der Waals surface area (Å²) in [6.45, 7) is 9.60. The minimum absolute atomic E-state index is 0.591. The van der Waals surface area contributed by atoms with Crippen molar-refractivity contribution in [2.75, 3.05) is 20.3 Å². The number of unbranched alkanes of at least 4 members (excludes halogenated alkanes) is 1. The van der Waals surface area contributed by atoms with Gasteiger partial charge in [-0.15, -0.1) is 0 Å². The third kappa shape index (κ3) is 8.12. The molecule has 0 radical (unpaired) electrons. The third-order valence-electron chi connectivity index (χ3n) is 5.07. The highest BCUT2D eigenvalue weighted by atomic mass is 16.6. The first-order chi connectivity index (χ1) is 15.1. The fraction of sp³-hybridized carbons (Fsp3) is 0.444. The Morgan fingerprint density at radius 1 is 1.03 bits per heavy atom. The topological polar surface area (TPSA) is 40.0 Å². The number of benzene rings is 2. The Morgan fingerprint density at radius 2 is 1.81 bits per heavy atom. The molecule has 0 heterocycles. The summed E-state index contributed by atoms with van der Waals surface area (Å²) in [5, 5.41) is 4.20. The van der Waals surface area contributed by atoms with Crippen molar-refractivity contribution in [2.24, 2.45) is 5.16 Å². The summed E-state index contributed by atoms with van der Waals surface area (Å²) in [5.74, 6) is 1.86. The lowest BCUT2D eigenvalue weighted by Crippen LogP contribution is -2.04. The highest BCUT2D eigenvalue weighted by Crippen LogP contribution is 2.28. The summed E-state index contributed by atoms with van der Waals surface area (Å²) < 4.78 is 11.9. The molecule has 2 rings (SSSR count). The van der Waals surface area contributed by atoms with Gasteiger partial charge in [0.15, 0.2) is 0 Å². The van der Waals surface area contributed by atoms with Crippen molar-refractivity contribution in [3.8, 4) is 11.5 Å². The molecular formula is C27H37NO3. The SMILES string of the molecule is C/C=C/COc1cc(C)c(OCCCCc2cccc(C(CCC)=NOC)c2)c(C)c1. The molecule has 0 saturated carbocycles. The van der Waals surface area contributed by atoms with Crippen LogP contribution in [0.5, 0.6) is 11.5 Å². The van der Waals surface area contributed by atoms with Crippen LogP contribution in [0.3, 0.4) is 0 Å². The van der Waals surface area contributed by atoms with E-state index in [4.69, 9.17) is 14.3 Å². The highest BCUT2D eigenvalue weighted by Gasteiger charge is 2.08. The van der Waals surface area contributed by atoms with Crippen LogP contribution in [-0.4, -0.2) is 26.0 Å². The normalized spacial score (nSPS) is 11.7. The molecule has 0 aliphatic rings. The zero-order valence-corrected chi connectivity index (χ0v) is 19.7. The lowest BCUT2D eigenvalue weighted by Gasteiger charge is -2.14. The molecule has 0 bridgehead atoms. The lowest BCUT2D eigenvalue weighted by atomic mass is 10.0. The molecule has 31 heavy (non-hydrogen) atoms. The van der Waals surface area contributed by atoms with E-state index in [1.165, 1.54) is 5.56 Å². The molecule has 0 atom stereocenters. The predicted octanol–water partition coefficient (Wildman–Crippen LogP) is 6.81. The minimum atomic E-state index is 0.591. The predicted molar refractivity (Wildman–Crippen MR) is 130 cm³/mol. The van der Waals surface area contributed by atoms with Crippen LogP contribution in [0, 0.1) is 13.8 Å². The summed E-state index contributed by atoms with van der Waals surface area (Å²) in [4.78, 5) is 5.02. The number of allylic oxidation sites excluding steroid dienone is 1. The molecule has 2 aromatic carbocycles. The molecule has 0 amide bonds. The smallest absolute Gasteiger partial charge is 0.125 e. The number of aryl methyl sites for hydroxylation is 3. The van der Waals surface area contributed by atoms with E-state index in [1.807, 2.05) is 31.2 Å². The summed E-state index contributed by atoms with van der Waals surface area (Å²) >= 11 is 0. The minimum Gasteiger partial charge on any atom is -0.493 e. The third-order valence-corrected chi connectivity index (χ3v) is 5.07. The summed E-state index contributed by atoms with van der Waals surface area (Å²) in [7, 11) is 1.60. The van der Waals surface area contributed by atoms with Gasteiger partial charge < -0.3 is 14.3 Å². The maximum Gasteiger partial charge on any atom is 0.125 e. The van der Waals surface area contributed by atoms with Gasteiger partial charge in [-0.2, -0.15) is 0 Å². The molecule has 0 unspecified atom stereocenters. The quantitative estimate of drug-likeness (QED) is 0.154. The average molecular weight is 424 g/mol. The van der Waals surface area contributed by atoms with Gasteiger partial charge in [0.25, 0.3) is 0 Å². The van der Waals surface area contributed by atoms with E-state index in [0.717, 1.165) is 66.0 Å². The Bertz CT molecular complexity index is 848. The number of hydrogen-bond donors (Lipinski definition) is 0. The number of nitrogens with zero attached hydrogens (tertiary/aromatic N) is 1. The second-order valence-corrected chi connectivity index (χ2v) is 7.74. The van der Waals surface area contributed by atoms with Crippen LogP contribution in [0.2, 0.25) is 0 Å². The van der Waals surface area contributed by atoms with Crippen molar-refractivity contribution in [2.45, 2.75) is 59.8 Å². The van der Waals surface area contributed by atoms with Gasteiger partial charge in [0.05, 0.1) is 12.3 Å². The van der Waals surface area contributed by atoms with Gasteiger partial charge in [-0.25, -0.2) is 0 Å². The Hall–Kier alpha value is -2.75. The molecular weight excluding hydrogens is 386 g/mol. The first kappa shape index (κ1) is 24.5. The van der Waals surface area contributed by atoms with Crippen molar-refractivity contribution in [3.05, 3.63) is 70.8 Å². The highest BCUT2D eigenvalue weighted by molar-refractivity contribution is 6.00. The van der Waals surface area contributed by atoms with Crippen LogP contribution in [0.1, 0.15) is 61.8 Å². The molecule has 0 fully saturated rings. The molecule has 0 aliphatic carbocycles. The Morgan fingerprint density at radius 3 is 2.48 bits per heavy atom. The van der Waals surface area contributed by atoms with Crippen LogP contribution >= 0.6 is 0 Å². The van der Waals surface area contributed by atoms with Crippen LogP contribution in [0.4, 0.5) is 0 Å². The van der Waals surface area contributed by atoms with Crippen molar-refractivity contribution < 1.29 is 14.3 Å². The van der Waals surface area contributed by atoms with Crippen molar-refractivity contribution in [1.29, 1.82) is 0 Å². The monoisotopic (exact) mass is 423 g/mol. The first-order valence-electron chi connectivity index (χ1n) is 11.3. The zero-order valence-electron chi connectivity index (χ0n) is 19.7. The van der Waals surface area contributed by atoms with E-state index in [0.29, 0.717) is 13.2 Å². The van der Waals surface area contributed by atoms with Crippen LogP contribution in [0.15, 0.2) is 53.7 Å². The van der Waals surface area contributed by atoms with Gasteiger partial charge in [0.1, 0.15) is 25.2 Å². The number of hydrogen-bond acceptors (Lipinski definition) is 4. The van der Waals surface area contributed by atoms with Crippen molar-refractivity contribution >= 4 is 5.71 Å². The number of rotatable bonds is 13. The van der Waals surface area contributed by atoms with Crippen molar-refractivity contribution in [1.82, 2.24) is 0 Å². The van der Waals surface area contributed by atoms with E-state index < -0.39 is 0 Å². The molecule has 168 valence electrons. The molecule has 4 heteroatoms. The fourth-order valence-electron chi connectivity index (χ4n) is 3.56. The van der Waals surface area contributed by atoms with Gasteiger partial charge in [-0.1, -0.05) is 48.9 Å². The van der Waals surface area contributed by atoms with Crippen LogP contribution < -0.4 is 9.47 Å². The maximum absolute atomic E-state index is 6.11. The summed E-state index contributed by atoms with van der Waals surface area (Å²) in [5.41, 5.74) is 5.72. The standard InChI is InChI=1S/C27H37NO3/c1-6-8-16-30-25-18-21(3)27(22(4)19-25)31-17-10-9-13-23-14-11-15-24(20-23)26(12-7-2)28-29-5/h6,8,11,14-15,18-20H,7,9-10,12-13,16-17H2,1-5H3/b8-6+,28-26?. The second kappa shape index (κ2) is 13.5. The van der Waals surface area contributed by atoms with Gasteiger partial charge in [-0.05, 0) is 86.9 Å². The van der Waals surface area contributed by atoms with Gasteiger partial charge >= 0.3 is 0 Å². The largest absolute Gasteiger partial charge is 0.493 e. The Labute approximate surface area is 187 Å². The maximum atomic E-state index is 6.11. The van der Waals surface area contributed by atoms with E-state index in [2.05, 4.69) is 50.2 Å². The average Bonchev–Trinajstić information content (AvgIpc) is 2.75. The molecule has 0 spiro atoms. The Balaban J connectivity index is 1.84. The number of ether oxygens (including phenoxy) is 2. The zero-order chi connectivity index (χ0) is 22.5. The van der Waals surface area contributed by atoms with E-state index >= 15 is 0 Å². The molecule has 2 aromatic rings. The first-order valence-corrected chi connectivity index (χ1v) is 11.3. The van der Waals surface area contributed by atoms with E-state index in [1.54, 1.807) is 7.11 Å². The van der Waals surface area contributed by atoms with Crippen LogP contribution in [0.25, 0.3) is 0 Å². The molecule has 0 aliphatic heterocycles. The van der Waals surface area contributed by atoms with Gasteiger partial charge in [0, 0.05) is 0 Å². The molecule has 0 N–H and O–H groups in total.